The summed E-state index contributed by atoms with van der Waals surface area (Å²) in [4.78, 5) is 7.77. The van der Waals surface area contributed by atoms with Crippen molar-refractivity contribution in [2.45, 2.75) is 51.6 Å². The number of nitrogens with one attached hydrogen (secondary N) is 1. The van der Waals surface area contributed by atoms with Crippen LogP contribution < -0.4 is 0 Å². The van der Waals surface area contributed by atoms with Gasteiger partial charge in [-0.15, -0.1) is 0 Å². The smallest absolute Gasteiger partial charge is 0.144 e. The van der Waals surface area contributed by atoms with E-state index >= 15 is 0 Å². The average Bonchev–Trinajstić information content (AvgIpc) is 2.87. The molecule has 0 radical (unpaired) electrons. The Kier molecular flexibility index (Phi) is 5.33. The number of hydrogen-bond donors (Lipinski definition) is 1. The summed E-state index contributed by atoms with van der Waals surface area (Å²) in [5, 5.41) is 0. The lowest BCUT2D eigenvalue weighted by molar-refractivity contribution is 0.115. The Morgan fingerprint density at radius 2 is 2.17 bits per heavy atom. The third-order valence-electron chi connectivity index (χ3n) is 3.29. The van der Waals surface area contributed by atoms with Crippen LogP contribution in [0, 0.1) is 4.64 Å². The molecule has 1 heterocycles. The van der Waals surface area contributed by atoms with Crippen LogP contribution in [0.3, 0.4) is 0 Å². The van der Waals surface area contributed by atoms with Crippen molar-refractivity contribution in [2.75, 3.05) is 6.61 Å². The number of nitrogens with zero attached hydrogens (tertiary/aromatic N) is 1. The number of ether oxygens (including phenoxy) is 1. The zero-order valence-corrected chi connectivity index (χ0v) is 13.1. The van der Waals surface area contributed by atoms with Crippen molar-refractivity contribution < 1.29 is 4.74 Å². The van der Waals surface area contributed by atoms with Gasteiger partial charge in [0, 0.05) is 18.2 Å². The molecule has 0 amide bonds. The number of aromatic amines is 1. The quantitative estimate of drug-likeness (QED) is 0.638. The molecular weight excluding hydrogens is 312 g/mol. The second-order valence-corrected chi connectivity index (χ2v) is 5.93. The number of H-pyrrole nitrogens is 1. The summed E-state index contributed by atoms with van der Waals surface area (Å²) in [6.45, 7) is 3.38. The Morgan fingerprint density at radius 3 is 2.83 bits per heavy atom. The monoisotopic (exact) mass is 330 g/mol. The van der Waals surface area contributed by atoms with Gasteiger partial charge in [0.25, 0.3) is 0 Å². The van der Waals surface area contributed by atoms with E-state index in [0.29, 0.717) is 17.2 Å². The molecule has 0 saturated heterocycles. The van der Waals surface area contributed by atoms with E-state index in [1.807, 2.05) is 0 Å². The van der Waals surface area contributed by atoms with Gasteiger partial charge in [0.2, 0.25) is 0 Å². The first-order valence-corrected chi connectivity index (χ1v) is 7.78. The van der Waals surface area contributed by atoms with Gasteiger partial charge < -0.3 is 9.72 Å². The van der Waals surface area contributed by atoms with Gasteiger partial charge in [-0.25, -0.2) is 4.98 Å². The Balaban J connectivity index is 2.19. The SMILES string of the molecule is CCCOCc1nc(=S)c(Br)c(C2CCCC2)[nH]1. The molecule has 1 saturated carbocycles. The van der Waals surface area contributed by atoms with Crippen molar-refractivity contribution in [1.82, 2.24) is 9.97 Å². The van der Waals surface area contributed by atoms with Gasteiger partial charge in [-0.2, -0.15) is 0 Å². The van der Waals surface area contributed by atoms with Crippen LogP contribution in [0.5, 0.6) is 0 Å². The van der Waals surface area contributed by atoms with Crippen LogP contribution in [0.1, 0.15) is 56.5 Å². The molecule has 0 aliphatic heterocycles. The molecule has 0 bridgehead atoms. The van der Waals surface area contributed by atoms with E-state index in [-0.39, 0.29) is 0 Å². The highest BCUT2D eigenvalue weighted by Crippen LogP contribution is 2.36. The van der Waals surface area contributed by atoms with Crippen molar-refractivity contribution in [2.24, 2.45) is 0 Å². The second kappa shape index (κ2) is 6.78. The van der Waals surface area contributed by atoms with E-state index in [4.69, 9.17) is 17.0 Å². The zero-order chi connectivity index (χ0) is 13.0. The van der Waals surface area contributed by atoms with Crippen LogP contribution in [-0.4, -0.2) is 16.6 Å². The molecule has 5 heteroatoms. The zero-order valence-electron chi connectivity index (χ0n) is 10.7. The predicted octanol–water partition coefficient (Wildman–Crippen LogP) is 4.49. The molecule has 1 aliphatic carbocycles. The molecule has 0 unspecified atom stereocenters. The van der Waals surface area contributed by atoms with Gasteiger partial charge in [0.15, 0.2) is 0 Å². The summed E-state index contributed by atoms with van der Waals surface area (Å²) in [5.41, 5.74) is 1.21. The van der Waals surface area contributed by atoms with Gasteiger partial charge in [0.1, 0.15) is 17.1 Å². The van der Waals surface area contributed by atoms with E-state index in [0.717, 1.165) is 23.3 Å². The summed E-state index contributed by atoms with van der Waals surface area (Å²) < 4.78 is 7.13. The van der Waals surface area contributed by atoms with Crippen LogP contribution in [0.15, 0.2) is 4.47 Å². The van der Waals surface area contributed by atoms with Crippen LogP contribution in [0.2, 0.25) is 0 Å². The minimum Gasteiger partial charge on any atom is -0.374 e. The normalized spacial score (nSPS) is 16.3. The summed E-state index contributed by atoms with van der Waals surface area (Å²) in [5.74, 6) is 1.44. The van der Waals surface area contributed by atoms with Gasteiger partial charge in [-0.05, 0) is 35.2 Å². The highest BCUT2D eigenvalue weighted by atomic mass is 79.9. The lowest BCUT2D eigenvalue weighted by Crippen LogP contribution is -2.07. The fraction of sp³-hybridized carbons (Fsp3) is 0.692. The molecule has 18 heavy (non-hydrogen) atoms. The first-order chi connectivity index (χ1) is 8.72. The number of hydrogen-bond acceptors (Lipinski definition) is 3. The van der Waals surface area contributed by atoms with Gasteiger partial charge in [0.05, 0.1) is 4.47 Å². The van der Waals surface area contributed by atoms with Crippen molar-refractivity contribution in [3.05, 3.63) is 20.6 Å². The molecular formula is C13H19BrN2OS. The van der Waals surface area contributed by atoms with Gasteiger partial charge in [-0.1, -0.05) is 32.0 Å². The van der Waals surface area contributed by atoms with Crippen molar-refractivity contribution >= 4 is 28.1 Å². The number of rotatable bonds is 5. The van der Waals surface area contributed by atoms with Crippen molar-refractivity contribution in [3.8, 4) is 0 Å². The molecule has 1 aromatic rings. The number of halogens is 1. The molecule has 1 aliphatic rings. The minimum absolute atomic E-state index is 0.518. The Hall–Kier alpha value is -0.260. The van der Waals surface area contributed by atoms with Crippen LogP contribution in [0.4, 0.5) is 0 Å². The maximum atomic E-state index is 5.53. The van der Waals surface area contributed by atoms with Gasteiger partial charge in [-0.3, -0.25) is 0 Å². The third kappa shape index (κ3) is 3.39. The third-order valence-corrected chi connectivity index (χ3v) is 4.65. The maximum Gasteiger partial charge on any atom is 0.144 e. The van der Waals surface area contributed by atoms with Crippen molar-refractivity contribution in [3.63, 3.8) is 0 Å². The molecule has 1 aromatic heterocycles. The van der Waals surface area contributed by atoms with E-state index in [1.165, 1.54) is 31.4 Å². The van der Waals surface area contributed by atoms with Crippen LogP contribution >= 0.6 is 28.1 Å². The molecule has 2 rings (SSSR count). The maximum absolute atomic E-state index is 5.53. The van der Waals surface area contributed by atoms with Gasteiger partial charge >= 0.3 is 0 Å². The fourth-order valence-electron chi connectivity index (χ4n) is 2.40. The Labute approximate surface area is 121 Å². The highest BCUT2D eigenvalue weighted by Gasteiger charge is 2.21. The van der Waals surface area contributed by atoms with E-state index in [2.05, 4.69) is 32.8 Å². The molecule has 0 aromatic carbocycles. The molecule has 100 valence electrons. The van der Waals surface area contributed by atoms with E-state index in [1.54, 1.807) is 0 Å². The summed E-state index contributed by atoms with van der Waals surface area (Å²) in [7, 11) is 0. The van der Waals surface area contributed by atoms with Crippen LogP contribution in [-0.2, 0) is 11.3 Å². The topological polar surface area (TPSA) is 37.9 Å². The molecule has 0 atom stereocenters. The predicted molar refractivity (Wildman–Crippen MR) is 78.3 cm³/mol. The van der Waals surface area contributed by atoms with E-state index < -0.39 is 0 Å². The first-order valence-electron chi connectivity index (χ1n) is 6.58. The first kappa shape index (κ1) is 14.2. The highest BCUT2D eigenvalue weighted by molar-refractivity contribution is 9.10. The number of aromatic nitrogens is 2. The second-order valence-electron chi connectivity index (χ2n) is 4.75. The summed E-state index contributed by atoms with van der Waals surface area (Å²) >= 11 is 8.88. The van der Waals surface area contributed by atoms with E-state index in [9.17, 15) is 0 Å². The Bertz CT molecular complexity index is 455. The van der Waals surface area contributed by atoms with Crippen molar-refractivity contribution in [1.29, 1.82) is 0 Å². The summed E-state index contributed by atoms with van der Waals surface area (Å²) in [6.07, 6.45) is 6.11. The lowest BCUT2D eigenvalue weighted by Gasteiger charge is -2.14. The van der Waals surface area contributed by atoms with Crippen LogP contribution in [0.25, 0.3) is 0 Å². The summed E-state index contributed by atoms with van der Waals surface area (Å²) in [6, 6.07) is 0. The average molecular weight is 331 g/mol. The molecule has 0 spiro atoms. The minimum atomic E-state index is 0.518. The molecule has 1 N–H and O–H groups in total. The molecule has 3 nitrogen and oxygen atoms in total. The lowest BCUT2D eigenvalue weighted by atomic mass is 10.0. The Morgan fingerprint density at radius 1 is 1.44 bits per heavy atom. The molecule has 1 fully saturated rings. The standard InChI is InChI=1S/C13H19BrN2OS/c1-2-7-17-8-10-15-12(9-5-3-4-6-9)11(14)13(18)16-10/h9H,2-8H2,1H3,(H,15,16,18). The largest absolute Gasteiger partial charge is 0.374 e. The fourth-order valence-corrected chi connectivity index (χ4v) is 3.13.